The quantitative estimate of drug-likeness (QED) is 0.639. The fourth-order valence-electron chi connectivity index (χ4n) is 1.32. The first-order valence-corrected chi connectivity index (χ1v) is 6.15. The molecule has 1 fully saturated rings. The minimum absolute atomic E-state index is 0.00235. The highest BCUT2D eigenvalue weighted by Crippen LogP contribution is 2.26. The predicted octanol–water partition coefficient (Wildman–Crippen LogP) is -0.256. The number of nitrogens with one attached hydrogen (secondary N) is 2. The lowest BCUT2D eigenvalue weighted by Crippen LogP contribution is -2.45. The summed E-state index contributed by atoms with van der Waals surface area (Å²) in [6.45, 7) is -1.54. The summed E-state index contributed by atoms with van der Waals surface area (Å²) in [5, 5.41) is 8.92. The smallest absolute Gasteiger partial charge is 0.393 e. The lowest BCUT2D eigenvalue weighted by atomic mass is 9.83. The molecule has 0 bridgehead atoms. The van der Waals surface area contributed by atoms with Crippen LogP contribution in [0.3, 0.4) is 0 Å². The van der Waals surface area contributed by atoms with Gasteiger partial charge in [-0.25, -0.2) is 4.72 Å². The second kappa shape index (κ2) is 4.86. The van der Waals surface area contributed by atoms with E-state index in [0.717, 1.165) is 0 Å². The van der Waals surface area contributed by atoms with Gasteiger partial charge in [-0.05, 0) is 18.8 Å². The Labute approximate surface area is 91.2 Å². The molecule has 0 radical (unpaired) electrons. The molecule has 0 heterocycles. The molecule has 1 aliphatic carbocycles. The lowest BCUT2D eigenvalue weighted by Gasteiger charge is -2.31. The molecule has 0 aliphatic heterocycles. The monoisotopic (exact) mass is 262 g/mol. The van der Waals surface area contributed by atoms with Crippen LogP contribution in [0.25, 0.3) is 0 Å². The van der Waals surface area contributed by atoms with E-state index < -0.39 is 29.0 Å². The van der Waals surface area contributed by atoms with Gasteiger partial charge in [-0.15, -0.1) is 0 Å². The second-order valence-corrected chi connectivity index (χ2v) is 5.36. The molecule has 1 aliphatic rings. The van der Waals surface area contributed by atoms with Gasteiger partial charge >= 0.3 is 6.18 Å². The van der Waals surface area contributed by atoms with Gasteiger partial charge in [-0.3, -0.25) is 0 Å². The Morgan fingerprint density at radius 2 is 1.81 bits per heavy atom. The molecule has 0 aromatic heterocycles. The number of rotatable bonds is 5. The summed E-state index contributed by atoms with van der Waals surface area (Å²) < 4.78 is 60.6. The van der Waals surface area contributed by atoms with E-state index in [9.17, 15) is 21.6 Å². The van der Waals surface area contributed by atoms with Gasteiger partial charge in [0.15, 0.2) is 0 Å². The molecule has 0 aromatic carbocycles. The van der Waals surface area contributed by atoms with Crippen LogP contribution >= 0.6 is 0 Å². The minimum Gasteiger partial charge on any atom is -0.393 e. The molecule has 0 amide bonds. The van der Waals surface area contributed by atoms with Crippen molar-refractivity contribution in [3.63, 3.8) is 0 Å². The van der Waals surface area contributed by atoms with Crippen molar-refractivity contribution >= 4 is 10.2 Å². The average Bonchev–Trinajstić information content (AvgIpc) is 2.07. The van der Waals surface area contributed by atoms with Crippen molar-refractivity contribution in [2.24, 2.45) is 5.92 Å². The first-order chi connectivity index (χ1) is 7.18. The van der Waals surface area contributed by atoms with Crippen LogP contribution in [0.4, 0.5) is 13.2 Å². The van der Waals surface area contributed by atoms with Crippen LogP contribution in [0.15, 0.2) is 0 Å². The van der Waals surface area contributed by atoms with E-state index in [1.165, 1.54) is 4.72 Å². The third-order valence-corrected chi connectivity index (χ3v) is 3.31. The fourth-order valence-corrected chi connectivity index (χ4v) is 2.23. The maximum atomic E-state index is 11.7. The van der Waals surface area contributed by atoms with Crippen molar-refractivity contribution in [3.8, 4) is 0 Å². The summed E-state index contributed by atoms with van der Waals surface area (Å²) in [5.74, 6) is -0.00235. The van der Waals surface area contributed by atoms with Gasteiger partial charge in [0, 0.05) is 6.54 Å². The van der Waals surface area contributed by atoms with Gasteiger partial charge in [0.2, 0.25) is 0 Å². The number of aliphatic hydroxyl groups excluding tert-OH is 1. The molecule has 0 saturated heterocycles. The molecule has 0 aromatic rings. The van der Waals surface area contributed by atoms with Crippen LogP contribution in [0, 0.1) is 5.92 Å². The largest absolute Gasteiger partial charge is 0.402 e. The molecule has 16 heavy (non-hydrogen) atoms. The molecule has 0 spiro atoms. The van der Waals surface area contributed by atoms with E-state index in [2.05, 4.69) is 0 Å². The van der Waals surface area contributed by atoms with Gasteiger partial charge < -0.3 is 5.11 Å². The molecule has 9 heteroatoms. The molecule has 0 unspecified atom stereocenters. The topological polar surface area (TPSA) is 78.4 Å². The van der Waals surface area contributed by atoms with Crippen LogP contribution in [0.5, 0.6) is 0 Å². The van der Waals surface area contributed by atoms with Crippen LogP contribution < -0.4 is 9.44 Å². The Morgan fingerprint density at radius 1 is 1.25 bits per heavy atom. The Balaban J connectivity index is 2.24. The zero-order chi connectivity index (χ0) is 12.4. The zero-order valence-electron chi connectivity index (χ0n) is 8.29. The van der Waals surface area contributed by atoms with E-state index in [4.69, 9.17) is 5.11 Å². The van der Waals surface area contributed by atoms with E-state index in [1.807, 2.05) is 4.72 Å². The van der Waals surface area contributed by atoms with E-state index in [0.29, 0.717) is 12.8 Å². The van der Waals surface area contributed by atoms with Crippen LogP contribution in [-0.4, -0.2) is 38.9 Å². The summed E-state index contributed by atoms with van der Waals surface area (Å²) >= 11 is 0. The van der Waals surface area contributed by atoms with E-state index in [1.54, 1.807) is 0 Å². The number of halogens is 3. The van der Waals surface area contributed by atoms with Gasteiger partial charge in [-0.1, -0.05) is 0 Å². The number of aliphatic hydroxyl groups is 1. The molecule has 3 N–H and O–H groups in total. The molecule has 5 nitrogen and oxygen atoms in total. The van der Waals surface area contributed by atoms with Crippen LogP contribution in [-0.2, 0) is 10.2 Å². The Bertz CT molecular complexity index is 324. The summed E-state index contributed by atoms with van der Waals surface area (Å²) in [6.07, 6.45) is -4.04. The van der Waals surface area contributed by atoms with Crippen LogP contribution in [0.2, 0.25) is 0 Å². The van der Waals surface area contributed by atoms with Crippen molar-refractivity contribution in [1.82, 2.24) is 9.44 Å². The van der Waals surface area contributed by atoms with Crippen molar-refractivity contribution < 1.29 is 26.7 Å². The standard InChI is InChI=1S/C7H13F3N2O3S/c8-7(9,10)4-12-16(14,15)11-3-5-1-6(13)2-5/h5-6,11-13H,1-4H2. The van der Waals surface area contributed by atoms with Crippen molar-refractivity contribution in [1.29, 1.82) is 0 Å². The first-order valence-electron chi connectivity index (χ1n) is 4.67. The van der Waals surface area contributed by atoms with E-state index in [-0.39, 0.29) is 12.5 Å². The highest BCUT2D eigenvalue weighted by Gasteiger charge is 2.31. The summed E-state index contributed by atoms with van der Waals surface area (Å²) in [4.78, 5) is 0. The molecular weight excluding hydrogens is 249 g/mol. The van der Waals surface area contributed by atoms with E-state index >= 15 is 0 Å². The molecular formula is C7H13F3N2O3S. The Kier molecular flexibility index (Phi) is 4.16. The summed E-state index contributed by atoms with van der Waals surface area (Å²) in [7, 11) is -4.11. The third kappa shape index (κ3) is 5.10. The SMILES string of the molecule is O=S(=O)(NCC1CC(O)C1)NCC(F)(F)F. The summed E-state index contributed by atoms with van der Waals surface area (Å²) in [5.41, 5.74) is 0. The lowest BCUT2D eigenvalue weighted by molar-refractivity contribution is -0.121. The normalized spacial score (nSPS) is 26.5. The number of hydrogen-bond acceptors (Lipinski definition) is 3. The summed E-state index contributed by atoms with van der Waals surface area (Å²) in [6, 6.07) is 0. The van der Waals surface area contributed by atoms with Crippen molar-refractivity contribution in [3.05, 3.63) is 0 Å². The average molecular weight is 262 g/mol. The van der Waals surface area contributed by atoms with Gasteiger partial charge in [-0.2, -0.15) is 26.3 Å². The molecule has 0 atom stereocenters. The highest BCUT2D eigenvalue weighted by molar-refractivity contribution is 7.87. The van der Waals surface area contributed by atoms with Crippen molar-refractivity contribution in [2.45, 2.75) is 25.1 Å². The maximum absolute atomic E-state index is 11.7. The first kappa shape index (κ1) is 13.7. The molecule has 1 rings (SSSR count). The number of hydrogen-bond donors (Lipinski definition) is 3. The van der Waals surface area contributed by atoms with Crippen LogP contribution in [0.1, 0.15) is 12.8 Å². The van der Waals surface area contributed by atoms with Gasteiger partial charge in [0.25, 0.3) is 10.2 Å². The molecule has 1 saturated carbocycles. The van der Waals surface area contributed by atoms with Crippen molar-refractivity contribution in [2.75, 3.05) is 13.1 Å². The minimum atomic E-state index is -4.57. The zero-order valence-corrected chi connectivity index (χ0v) is 9.11. The Morgan fingerprint density at radius 3 is 2.25 bits per heavy atom. The van der Waals surface area contributed by atoms with Gasteiger partial charge in [0.1, 0.15) is 6.54 Å². The third-order valence-electron chi connectivity index (χ3n) is 2.24. The molecule has 96 valence electrons. The highest BCUT2D eigenvalue weighted by atomic mass is 32.2. The number of alkyl halides is 3. The fraction of sp³-hybridized carbons (Fsp3) is 1.00. The predicted molar refractivity (Wildman–Crippen MR) is 49.7 cm³/mol. The second-order valence-electron chi connectivity index (χ2n) is 3.78. The Hall–Kier alpha value is -0.380. The van der Waals surface area contributed by atoms with Gasteiger partial charge in [0.05, 0.1) is 6.10 Å². The maximum Gasteiger partial charge on any atom is 0.402 e.